The summed E-state index contributed by atoms with van der Waals surface area (Å²) in [5, 5.41) is 2.90. The minimum atomic E-state index is -0.580. The molecule has 0 bridgehead atoms. The van der Waals surface area contributed by atoms with Gasteiger partial charge in [0.2, 0.25) is 0 Å². The first kappa shape index (κ1) is 19.2. The van der Waals surface area contributed by atoms with E-state index in [9.17, 15) is 9.59 Å². The molecule has 0 aromatic heterocycles. The number of carbonyl (C=O) groups excluding carboxylic acids is 2. The molecule has 2 atom stereocenters. The molecule has 0 saturated heterocycles. The van der Waals surface area contributed by atoms with Crippen molar-refractivity contribution in [3.8, 4) is 0 Å². The highest BCUT2D eigenvalue weighted by Gasteiger charge is 2.56. The first-order valence-electron chi connectivity index (χ1n) is 8.44. The molecule has 0 spiro atoms. The van der Waals surface area contributed by atoms with Crippen LogP contribution in [0.1, 0.15) is 39.2 Å². The molecule has 1 fully saturated rings. The molecule has 6 nitrogen and oxygen atoms in total. The number of esters is 1. The normalized spacial score (nSPS) is 22.2. The summed E-state index contributed by atoms with van der Waals surface area (Å²) in [6, 6.07) is 9.80. The van der Waals surface area contributed by atoms with Gasteiger partial charge in [-0.3, -0.25) is 4.79 Å². The van der Waals surface area contributed by atoms with Crippen LogP contribution in [-0.2, 0) is 25.6 Å². The monoisotopic (exact) mass is 349 g/mol. The van der Waals surface area contributed by atoms with E-state index in [2.05, 4.69) is 5.32 Å². The number of carbonyl (C=O) groups is 2. The van der Waals surface area contributed by atoms with Crippen LogP contribution in [0.2, 0.25) is 0 Å². The van der Waals surface area contributed by atoms with Crippen molar-refractivity contribution in [1.29, 1.82) is 0 Å². The number of methoxy groups -OCH3 is 1. The lowest BCUT2D eigenvalue weighted by molar-refractivity contribution is -0.141. The summed E-state index contributed by atoms with van der Waals surface area (Å²) in [5.74, 6) is -0.302. The van der Waals surface area contributed by atoms with Crippen molar-refractivity contribution in [2.75, 3.05) is 13.7 Å². The molecule has 6 heteroatoms. The SMILES string of the molecule is COC(=O)C[C@@H]1C[C@]1(COCc1ccccc1)NC(=O)OC(C)(C)C. The summed E-state index contributed by atoms with van der Waals surface area (Å²) in [5.41, 5.74) is -0.103. The third-order valence-electron chi connectivity index (χ3n) is 4.09. The summed E-state index contributed by atoms with van der Waals surface area (Å²) in [6.45, 7) is 6.20. The minimum absolute atomic E-state index is 0.0109. The Kier molecular flexibility index (Phi) is 6.06. The van der Waals surface area contributed by atoms with E-state index in [4.69, 9.17) is 14.2 Å². The predicted octanol–water partition coefficient (Wildman–Crippen LogP) is 3.05. The molecular formula is C19H27NO5. The maximum atomic E-state index is 12.1. The summed E-state index contributed by atoms with van der Waals surface area (Å²) < 4.78 is 15.9. The highest BCUT2D eigenvalue weighted by molar-refractivity contribution is 5.72. The fourth-order valence-electron chi connectivity index (χ4n) is 2.73. The molecule has 1 N–H and O–H groups in total. The summed E-state index contributed by atoms with van der Waals surface area (Å²) >= 11 is 0. The number of rotatable bonds is 7. The van der Waals surface area contributed by atoms with Gasteiger partial charge in [-0.2, -0.15) is 0 Å². The average molecular weight is 349 g/mol. The van der Waals surface area contributed by atoms with Crippen molar-refractivity contribution in [1.82, 2.24) is 5.32 Å². The maximum absolute atomic E-state index is 12.1. The highest BCUT2D eigenvalue weighted by atomic mass is 16.6. The van der Waals surface area contributed by atoms with Gasteiger partial charge in [-0.15, -0.1) is 0 Å². The number of hydrogen-bond acceptors (Lipinski definition) is 5. The molecule has 0 aliphatic heterocycles. The summed E-state index contributed by atoms with van der Waals surface area (Å²) in [6.07, 6.45) is 0.417. The van der Waals surface area contributed by atoms with Gasteiger partial charge < -0.3 is 19.5 Å². The Labute approximate surface area is 148 Å². The predicted molar refractivity (Wildman–Crippen MR) is 92.9 cm³/mol. The molecule has 1 aliphatic rings. The van der Waals surface area contributed by atoms with E-state index in [-0.39, 0.29) is 18.3 Å². The second-order valence-corrected chi connectivity index (χ2v) is 7.44. The van der Waals surface area contributed by atoms with Crippen LogP contribution in [0.15, 0.2) is 30.3 Å². The fourth-order valence-corrected chi connectivity index (χ4v) is 2.73. The lowest BCUT2D eigenvalue weighted by atomic mass is 10.1. The second kappa shape index (κ2) is 7.87. The van der Waals surface area contributed by atoms with E-state index in [1.807, 2.05) is 51.1 Å². The smallest absolute Gasteiger partial charge is 0.408 e. The Morgan fingerprint density at radius 2 is 1.92 bits per heavy atom. The van der Waals surface area contributed by atoms with Gasteiger partial charge in [0.25, 0.3) is 0 Å². The van der Waals surface area contributed by atoms with Crippen molar-refractivity contribution in [2.45, 2.75) is 51.4 Å². The molecule has 0 heterocycles. The Balaban J connectivity index is 1.93. The van der Waals surface area contributed by atoms with E-state index in [0.717, 1.165) is 5.56 Å². The van der Waals surface area contributed by atoms with Crippen molar-refractivity contribution in [3.63, 3.8) is 0 Å². The molecule has 0 radical (unpaired) electrons. The van der Waals surface area contributed by atoms with Gasteiger partial charge in [0.05, 0.1) is 32.3 Å². The average Bonchev–Trinajstić information content (AvgIpc) is 3.17. The van der Waals surface area contributed by atoms with E-state index >= 15 is 0 Å². The van der Waals surface area contributed by atoms with E-state index in [1.165, 1.54) is 7.11 Å². The van der Waals surface area contributed by atoms with Gasteiger partial charge in [0.1, 0.15) is 5.60 Å². The Bertz CT molecular complexity index is 596. The highest BCUT2D eigenvalue weighted by Crippen LogP contribution is 2.46. The van der Waals surface area contributed by atoms with Crippen LogP contribution in [0, 0.1) is 5.92 Å². The molecular weight excluding hydrogens is 322 g/mol. The van der Waals surface area contributed by atoms with Crippen LogP contribution >= 0.6 is 0 Å². The minimum Gasteiger partial charge on any atom is -0.469 e. The van der Waals surface area contributed by atoms with Crippen LogP contribution in [-0.4, -0.2) is 36.9 Å². The standard InChI is InChI=1S/C19H27NO5/c1-18(2,3)25-17(22)20-19(11-15(19)10-16(21)23-4)13-24-12-14-8-6-5-7-9-14/h5-9,15H,10-13H2,1-4H3,(H,20,22)/t15-,19-/m1/s1. The summed E-state index contributed by atoms with van der Waals surface area (Å²) in [4.78, 5) is 23.7. The van der Waals surface area contributed by atoms with Crippen LogP contribution in [0.25, 0.3) is 0 Å². The number of benzene rings is 1. The molecule has 138 valence electrons. The van der Waals surface area contributed by atoms with E-state index in [0.29, 0.717) is 19.6 Å². The van der Waals surface area contributed by atoms with Gasteiger partial charge in [-0.25, -0.2) is 4.79 Å². The van der Waals surface area contributed by atoms with Gasteiger partial charge in [-0.05, 0) is 38.7 Å². The van der Waals surface area contributed by atoms with E-state index < -0.39 is 17.2 Å². The van der Waals surface area contributed by atoms with Crippen molar-refractivity contribution in [3.05, 3.63) is 35.9 Å². The third kappa shape index (κ3) is 6.05. The topological polar surface area (TPSA) is 73.9 Å². The first-order chi connectivity index (χ1) is 11.7. The zero-order valence-corrected chi connectivity index (χ0v) is 15.3. The second-order valence-electron chi connectivity index (χ2n) is 7.44. The molecule has 2 rings (SSSR count). The van der Waals surface area contributed by atoms with Crippen molar-refractivity contribution < 1.29 is 23.8 Å². The zero-order valence-electron chi connectivity index (χ0n) is 15.3. The van der Waals surface area contributed by atoms with Gasteiger partial charge >= 0.3 is 12.1 Å². The number of ether oxygens (including phenoxy) is 3. The number of nitrogens with one attached hydrogen (secondary N) is 1. The Morgan fingerprint density at radius 1 is 1.24 bits per heavy atom. The molecule has 1 aromatic rings. The molecule has 1 aromatic carbocycles. The number of alkyl carbamates (subject to hydrolysis) is 1. The molecule has 1 aliphatic carbocycles. The van der Waals surface area contributed by atoms with Crippen LogP contribution in [0.4, 0.5) is 4.79 Å². The number of amides is 1. The lowest BCUT2D eigenvalue weighted by Gasteiger charge is -2.24. The largest absolute Gasteiger partial charge is 0.469 e. The molecule has 1 saturated carbocycles. The Hall–Kier alpha value is -2.08. The summed E-state index contributed by atoms with van der Waals surface area (Å²) in [7, 11) is 1.36. The van der Waals surface area contributed by atoms with Gasteiger partial charge in [-0.1, -0.05) is 30.3 Å². The van der Waals surface area contributed by atoms with Crippen LogP contribution in [0.3, 0.4) is 0 Å². The Morgan fingerprint density at radius 3 is 2.52 bits per heavy atom. The first-order valence-corrected chi connectivity index (χ1v) is 8.44. The van der Waals surface area contributed by atoms with Crippen LogP contribution in [0.5, 0.6) is 0 Å². The van der Waals surface area contributed by atoms with Gasteiger partial charge in [0, 0.05) is 0 Å². The molecule has 25 heavy (non-hydrogen) atoms. The van der Waals surface area contributed by atoms with Crippen molar-refractivity contribution >= 4 is 12.1 Å². The molecule has 0 unspecified atom stereocenters. The van der Waals surface area contributed by atoms with Gasteiger partial charge in [0.15, 0.2) is 0 Å². The maximum Gasteiger partial charge on any atom is 0.408 e. The zero-order chi connectivity index (χ0) is 18.5. The molecule has 1 amide bonds. The quantitative estimate of drug-likeness (QED) is 0.766. The third-order valence-corrected chi connectivity index (χ3v) is 4.09. The lowest BCUT2D eigenvalue weighted by Crippen LogP contribution is -2.45. The van der Waals surface area contributed by atoms with Crippen molar-refractivity contribution in [2.24, 2.45) is 5.92 Å². The van der Waals surface area contributed by atoms with E-state index in [1.54, 1.807) is 0 Å². The fraction of sp³-hybridized carbons (Fsp3) is 0.579. The van der Waals surface area contributed by atoms with Crippen LogP contribution < -0.4 is 5.32 Å². The number of hydrogen-bond donors (Lipinski definition) is 1.